The largest absolute Gasteiger partial charge is 0.380 e. The first-order valence-electron chi connectivity index (χ1n) is 7.20. The lowest BCUT2D eigenvalue weighted by molar-refractivity contribution is 0.334. The average molecular weight is 248 g/mol. The molecular weight excluding hydrogens is 224 g/mol. The van der Waals surface area contributed by atoms with E-state index >= 15 is 0 Å². The van der Waals surface area contributed by atoms with Crippen LogP contribution in [0, 0.1) is 5.41 Å². The number of aromatic nitrogens is 2. The normalized spacial score (nSPS) is 30.1. The molecule has 2 unspecified atom stereocenters. The zero-order valence-corrected chi connectivity index (χ0v) is 11.7. The standard InChI is InChI=1S/C14H24N4/c1-4-6-10-12-13(18(3)17-10)16-11-7-5-8-14(11,2)9-15-12/h11,15-16H,4-9H2,1-3H3. The number of aryl methyl sites for hydroxylation is 2. The van der Waals surface area contributed by atoms with Crippen molar-refractivity contribution in [1.82, 2.24) is 9.78 Å². The van der Waals surface area contributed by atoms with Gasteiger partial charge in [0.2, 0.25) is 0 Å². The summed E-state index contributed by atoms with van der Waals surface area (Å²) >= 11 is 0. The molecule has 2 aliphatic rings. The van der Waals surface area contributed by atoms with Gasteiger partial charge < -0.3 is 10.6 Å². The van der Waals surface area contributed by atoms with Crippen molar-refractivity contribution in [2.24, 2.45) is 12.5 Å². The number of nitrogens with zero attached hydrogens (tertiary/aromatic N) is 2. The van der Waals surface area contributed by atoms with Gasteiger partial charge in [0, 0.05) is 25.0 Å². The Morgan fingerprint density at radius 3 is 3.11 bits per heavy atom. The molecule has 1 aliphatic heterocycles. The van der Waals surface area contributed by atoms with E-state index in [0.29, 0.717) is 11.5 Å². The van der Waals surface area contributed by atoms with E-state index in [-0.39, 0.29) is 0 Å². The van der Waals surface area contributed by atoms with Crippen LogP contribution in [0.3, 0.4) is 0 Å². The lowest BCUT2D eigenvalue weighted by atomic mass is 9.85. The van der Waals surface area contributed by atoms with Crippen LogP contribution in [0.5, 0.6) is 0 Å². The van der Waals surface area contributed by atoms with Crippen molar-refractivity contribution in [3.8, 4) is 0 Å². The second-order valence-electron chi connectivity index (χ2n) is 6.14. The van der Waals surface area contributed by atoms with E-state index in [9.17, 15) is 0 Å². The van der Waals surface area contributed by atoms with Crippen LogP contribution in [-0.4, -0.2) is 22.4 Å². The molecule has 0 bridgehead atoms. The number of anilines is 2. The van der Waals surface area contributed by atoms with Gasteiger partial charge in [-0.15, -0.1) is 0 Å². The van der Waals surface area contributed by atoms with Crippen molar-refractivity contribution in [3.63, 3.8) is 0 Å². The summed E-state index contributed by atoms with van der Waals surface area (Å²) in [6, 6.07) is 0.594. The van der Waals surface area contributed by atoms with Crippen molar-refractivity contribution in [2.75, 3.05) is 17.2 Å². The number of hydrogen-bond acceptors (Lipinski definition) is 3. The second-order valence-corrected chi connectivity index (χ2v) is 6.14. The van der Waals surface area contributed by atoms with Crippen LogP contribution >= 0.6 is 0 Å². The summed E-state index contributed by atoms with van der Waals surface area (Å²) in [5.74, 6) is 1.19. The first-order chi connectivity index (χ1) is 8.64. The smallest absolute Gasteiger partial charge is 0.148 e. The molecule has 0 saturated heterocycles. The molecule has 0 radical (unpaired) electrons. The van der Waals surface area contributed by atoms with E-state index in [2.05, 4.69) is 29.6 Å². The Balaban J connectivity index is 1.96. The highest BCUT2D eigenvalue weighted by Crippen LogP contribution is 2.44. The number of hydrogen-bond donors (Lipinski definition) is 2. The molecule has 100 valence electrons. The molecule has 1 fully saturated rings. The van der Waals surface area contributed by atoms with E-state index in [1.54, 1.807) is 0 Å². The minimum atomic E-state index is 0.391. The molecule has 0 aromatic carbocycles. The Morgan fingerprint density at radius 1 is 1.50 bits per heavy atom. The first-order valence-corrected chi connectivity index (χ1v) is 7.20. The quantitative estimate of drug-likeness (QED) is 0.845. The fourth-order valence-corrected chi connectivity index (χ4v) is 3.49. The van der Waals surface area contributed by atoms with Crippen LogP contribution in [-0.2, 0) is 13.5 Å². The molecule has 4 nitrogen and oxygen atoms in total. The van der Waals surface area contributed by atoms with E-state index in [1.807, 2.05) is 11.7 Å². The van der Waals surface area contributed by atoms with E-state index < -0.39 is 0 Å². The van der Waals surface area contributed by atoms with Crippen molar-refractivity contribution in [3.05, 3.63) is 5.69 Å². The fourth-order valence-electron chi connectivity index (χ4n) is 3.49. The van der Waals surface area contributed by atoms with Gasteiger partial charge in [0.15, 0.2) is 0 Å². The molecule has 0 amide bonds. The van der Waals surface area contributed by atoms with Crippen LogP contribution < -0.4 is 10.6 Å². The summed E-state index contributed by atoms with van der Waals surface area (Å²) in [5.41, 5.74) is 2.85. The summed E-state index contributed by atoms with van der Waals surface area (Å²) in [6.45, 7) is 5.69. The predicted octanol–water partition coefficient (Wildman–Crippen LogP) is 2.77. The van der Waals surface area contributed by atoms with Crippen LogP contribution in [0.1, 0.15) is 45.2 Å². The van der Waals surface area contributed by atoms with Crippen molar-refractivity contribution in [1.29, 1.82) is 0 Å². The number of rotatable bonds is 2. The van der Waals surface area contributed by atoms with E-state index in [1.165, 1.54) is 36.5 Å². The first kappa shape index (κ1) is 11.9. The SMILES string of the molecule is CCCc1nn(C)c2c1NCC1(C)CCCC1N2. The Morgan fingerprint density at radius 2 is 2.33 bits per heavy atom. The summed E-state index contributed by atoms with van der Waals surface area (Å²) in [6.07, 6.45) is 6.14. The molecule has 1 saturated carbocycles. The highest BCUT2D eigenvalue weighted by atomic mass is 15.3. The molecular formula is C14H24N4. The van der Waals surface area contributed by atoms with E-state index in [0.717, 1.165) is 19.4 Å². The van der Waals surface area contributed by atoms with Gasteiger partial charge in [-0.25, -0.2) is 0 Å². The Hall–Kier alpha value is -1.19. The third kappa shape index (κ3) is 1.70. The lowest BCUT2D eigenvalue weighted by Gasteiger charge is -2.30. The fraction of sp³-hybridized carbons (Fsp3) is 0.786. The Kier molecular flexibility index (Phi) is 2.76. The molecule has 1 aliphatic carbocycles. The average Bonchev–Trinajstić information content (AvgIpc) is 2.78. The second kappa shape index (κ2) is 4.18. The highest BCUT2D eigenvalue weighted by molar-refractivity contribution is 5.70. The molecule has 1 aromatic heterocycles. The summed E-state index contributed by atoms with van der Waals surface area (Å²) < 4.78 is 2.01. The third-order valence-corrected chi connectivity index (χ3v) is 4.67. The van der Waals surface area contributed by atoms with Crippen LogP contribution in [0.4, 0.5) is 11.5 Å². The Bertz CT molecular complexity index is 451. The van der Waals surface area contributed by atoms with Gasteiger partial charge in [0.05, 0.1) is 5.69 Å². The zero-order valence-electron chi connectivity index (χ0n) is 11.7. The summed E-state index contributed by atoms with van der Waals surface area (Å²) in [4.78, 5) is 0. The van der Waals surface area contributed by atoms with Gasteiger partial charge in [-0.1, -0.05) is 26.7 Å². The van der Waals surface area contributed by atoms with Gasteiger partial charge >= 0.3 is 0 Å². The van der Waals surface area contributed by atoms with Gasteiger partial charge in [0.1, 0.15) is 11.5 Å². The maximum absolute atomic E-state index is 4.65. The minimum Gasteiger partial charge on any atom is -0.380 e. The summed E-state index contributed by atoms with van der Waals surface area (Å²) in [7, 11) is 2.05. The number of fused-ring (bicyclic) bond motifs is 2. The Labute approximate surface area is 109 Å². The molecule has 18 heavy (non-hydrogen) atoms. The number of nitrogens with one attached hydrogen (secondary N) is 2. The molecule has 2 heterocycles. The summed E-state index contributed by atoms with van der Waals surface area (Å²) in [5, 5.41) is 12.1. The van der Waals surface area contributed by atoms with Gasteiger partial charge in [0.25, 0.3) is 0 Å². The molecule has 2 atom stereocenters. The third-order valence-electron chi connectivity index (χ3n) is 4.67. The topological polar surface area (TPSA) is 41.9 Å². The minimum absolute atomic E-state index is 0.391. The van der Waals surface area contributed by atoms with Crippen molar-refractivity contribution < 1.29 is 0 Å². The van der Waals surface area contributed by atoms with Crippen LogP contribution in [0.15, 0.2) is 0 Å². The predicted molar refractivity (Wildman–Crippen MR) is 75.1 cm³/mol. The monoisotopic (exact) mass is 248 g/mol. The van der Waals surface area contributed by atoms with Gasteiger partial charge in [-0.2, -0.15) is 5.10 Å². The van der Waals surface area contributed by atoms with Gasteiger partial charge in [-0.3, -0.25) is 4.68 Å². The van der Waals surface area contributed by atoms with Gasteiger partial charge in [-0.05, 0) is 19.3 Å². The van der Waals surface area contributed by atoms with Crippen molar-refractivity contribution in [2.45, 2.75) is 52.0 Å². The zero-order chi connectivity index (χ0) is 12.8. The van der Waals surface area contributed by atoms with Crippen molar-refractivity contribution >= 4 is 11.5 Å². The van der Waals surface area contributed by atoms with Crippen LogP contribution in [0.2, 0.25) is 0 Å². The van der Waals surface area contributed by atoms with Crippen LogP contribution in [0.25, 0.3) is 0 Å². The maximum Gasteiger partial charge on any atom is 0.148 e. The molecule has 1 aromatic rings. The molecule has 2 N–H and O–H groups in total. The van der Waals surface area contributed by atoms with E-state index in [4.69, 9.17) is 0 Å². The molecule has 4 heteroatoms. The highest BCUT2D eigenvalue weighted by Gasteiger charge is 2.41. The maximum atomic E-state index is 4.65. The lowest BCUT2D eigenvalue weighted by Crippen LogP contribution is -2.37. The molecule has 3 rings (SSSR count). The molecule has 0 spiro atoms.